The summed E-state index contributed by atoms with van der Waals surface area (Å²) in [5.74, 6) is 1.92. The van der Waals surface area contributed by atoms with Gasteiger partial charge in [-0.3, -0.25) is 0 Å². The Morgan fingerprint density at radius 3 is 2.89 bits per heavy atom. The molecule has 0 unspecified atom stereocenters. The third-order valence-electron chi connectivity index (χ3n) is 4.86. The lowest BCUT2D eigenvalue weighted by atomic mass is 9.73. The summed E-state index contributed by atoms with van der Waals surface area (Å²) in [5, 5.41) is 3.41. The maximum Gasteiger partial charge on any atom is 0.121 e. The molecular weight excluding hydrogens is 234 g/mol. The van der Waals surface area contributed by atoms with E-state index in [1.807, 2.05) is 0 Å². The molecule has 0 aromatic heterocycles. The molecule has 1 N–H and O–H groups in total. The molecule has 0 saturated heterocycles. The Morgan fingerprint density at radius 1 is 1.32 bits per heavy atom. The van der Waals surface area contributed by atoms with E-state index in [1.54, 1.807) is 0 Å². The number of benzene rings is 1. The molecule has 1 aromatic rings. The van der Waals surface area contributed by atoms with E-state index in [0.717, 1.165) is 31.2 Å². The van der Waals surface area contributed by atoms with Crippen molar-refractivity contribution in [2.45, 2.75) is 46.0 Å². The summed E-state index contributed by atoms with van der Waals surface area (Å²) < 4.78 is 6.07. The van der Waals surface area contributed by atoms with Crippen LogP contribution in [-0.2, 0) is 6.42 Å². The van der Waals surface area contributed by atoms with Gasteiger partial charge in [-0.2, -0.15) is 0 Å². The van der Waals surface area contributed by atoms with Crippen LogP contribution < -0.4 is 10.1 Å². The lowest BCUT2D eigenvalue weighted by molar-refractivity contribution is 0.0982. The summed E-state index contributed by atoms with van der Waals surface area (Å²) >= 11 is 0. The summed E-state index contributed by atoms with van der Waals surface area (Å²) in [5.41, 5.74) is 3.06. The van der Waals surface area contributed by atoms with Gasteiger partial charge in [0.05, 0.1) is 6.61 Å². The minimum Gasteiger partial charge on any atom is -0.493 e. The average molecular weight is 259 g/mol. The van der Waals surface area contributed by atoms with Crippen LogP contribution in [-0.4, -0.2) is 13.2 Å². The number of rotatable bonds is 3. The Hall–Kier alpha value is -1.18. The van der Waals surface area contributed by atoms with Crippen molar-refractivity contribution >= 4 is 5.69 Å². The van der Waals surface area contributed by atoms with Crippen LogP contribution in [0.25, 0.3) is 0 Å². The summed E-state index contributed by atoms with van der Waals surface area (Å²) in [6.45, 7) is 6.67. The second-order valence-corrected chi connectivity index (χ2v) is 6.78. The molecule has 2 nitrogen and oxygen atoms in total. The quantitative estimate of drug-likeness (QED) is 0.876. The third kappa shape index (κ3) is 2.88. The van der Waals surface area contributed by atoms with Gasteiger partial charge >= 0.3 is 0 Å². The zero-order chi connectivity index (χ0) is 13.3. The lowest BCUT2D eigenvalue weighted by Gasteiger charge is -2.36. The second kappa shape index (κ2) is 5.07. The third-order valence-corrected chi connectivity index (χ3v) is 4.86. The largest absolute Gasteiger partial charge is 0.493 e. The second-order valence-electron chi connectivity index (χ2n) is 6.78. The highest BCUT2D eigenvalue weighted by atomic mass is 16.5. The predicted octanol–water partition coefficient (Wildman–Crippen LogP) is 4.25. The van der Waals surface area contributed by atoms with Gasteiger partial charge in [0.25, 0.3) is 0 Å². The molecule has 19 heavy (non-hydrogen) atoms. The topological polar surface area (TPSA) is 21.3 Å². The molecular formula is C17H25NO. The normalized spacial score (nSPS) is 29.7. The fourth-order valence-corrected chi connectivity index (χ4v) is 3.22. The number of fused-ring (bicyclic) bond motifs is 1. The van der Waals surface area contributed by atoms with E-state index in [2.05, 4.69) is 37.4 Å². The lowest BCUT2D eigenvalue weighted by Crippen LogP contribution is -2.29. The summed E-state index contributed by atoms with van der Waals surface area (Å²) in [6.07, 6.45) is 6.46. The smallest absolute Gasteiger partial charge is 0.121 e. The molecule has 0 spiro atoms. The predicted molar refractivity (Wildman–Crippen MR) is 79.9 cm³/mol. The van der Waals surface area contributed by atoms with E-state index < -0.39 is 0 Å². The van der Waals surface area contributed by atoms with Crippen LogP contribution in [0.4, 0.5) is 5.69 Å². The summed E-state index contributed by atoms with van der Waals surface area (Å²) in [7, 11) is 0. The number of hydrogen-bond donors (Lipinski definition) is 1. The number of ether oxygens (including phenoxy) is 1. The van der Waals surface area contributed by atoms with Gasteiger partial charge in [-0.15, -0.1) is 0 Å². The molecule has 1 heterocycles. The van der Waals surface area contributed by atoms with E-state index in [4.69, 9.17) is 4.74 Å². The molecule has 1 aliphatic heterocycles. The standard InChI is InChI=1S/C17H25NO/c1-13-5-8-17(2,9-6-13)12-19-15-4-3-14-7-10-18-16(14)11-15/h3-4,11,13,18H,5-10,12H2,1-2H3. The molecule has 0 atom stereocenters. The molecule has 104 valence electrons. The van der Waals surface area contributed by atoms with Crippen molar-refractivity contribution in [1.82, 2.24) is 0 Å². The fraction of sp³-hybridized carbons (Fsp3) is 0.647. The van der Waals surface area contributed by atoms with Crippen LogP contribution in [0.15, 0.2) is 18.2 Å². The van der Waals surface area contributed by atoms with Gasteiger partial charge in [0.1, 0.15) is 5.75 Å². The zero-order valence-electron chi connectivity index (χ0n) is 12.2. The minimum atomic E-state index is 0.374. The van der Waals surface area contributed by atoms with Gasteiger partial charge in [-0.05, 0) is 36.8 Å². The first-order valence-electron chi connectivity index (χ1n) is 7.64. The van der Waals surface area contributed by atoms with Crippen LogP contribution in [0.2, 0.25) is 0 Å². The number of hydrogen-bond acceptors (Lipinski definition) is 2. The Morgan fingerprint density at radius 2 is 2.11 bits per heavy atom. The molecule has 0 radical (unpaired) electrons. The molecule has 0 bridgehead atoms. The fourth-order valence-electron chi connectivity index (χ4n) is 3.22. The van der Waals surface area contributed by atoms with E-state index in [1.165, 1.54) is 36.9 Å². The van der Waals surface area contributed by atoms with Crippen molar-refractivity contribution in [2.24, 2.45) is 11.3 Å². The van der Waals surface area contributed by atoms with Crippen molar-refractivity contribution in [3.8, 4) is 5.75 Å². The minimum absolute atomic E-state index is 0.374. The molecule has 0 amide bonds. The SMILES string of the molecule is CC1CCC(C)(COc2ccc3c(c2)NCC3)CC1. The Balaban J connectivity index is 1.60. The number of anilines is 1. The maximum atomic E-state index is 6.07. The van der Waals surface area contributed by atoms with Gasteiger partial charge in [-0.1, -0.05) is 32.8 Å². The van der Waals surface area contributed by atoms with Crippen molar-refractivity contribution in [3.63, 3.8) is 0 Å². The monoisotopic (exact) mass is 259 g/mol. The molecule has 1 aliphatic carbocycles. The molecule has 1 aromatic carbocycles. The van der Waals surface area contributed by atoms with E-state index in [-0.39, 0.29) is 0 Å². The van der Waals surface area contributed by atoms with Crippen molar-refractivity contribution in [2.75, 3.05) is 18.5 Å². The highest BCUT2D eigenvalue weighted by molar-refractivity contribution is 5.58. The number of nitrogens with one attached hydrogen (secondary N) is 1. The van der Waals surface area contributed by atoms with Crippen LogP contribution in [0, 0.1) is 11.3 Å². The average Bonchev–Trinajstić information content (AvgIpc) is 2.88. The van der Waals surface area contributed by atoms with Crippen LogP contribution >= 0.6 is 0 Å². The van der Waals surface area contributed by atoms with Gasteiger partial charge in [0.2, 0.25) is 0 Å². The van der Waals surface area contributed by atoms with Crippen molar-refractivity contribution in [3.05, 3.63) is 23.8 Å². The zero-order valence-corrected chi connectivity index (χ0v) is 12.2. The van der Waals surface area contributed by atoms with Crippen molar-refractivity contribution in [1.29, 1.82) is 0 Å². The highest BCUT2D eigenvalue weighted by Crippen LogP contribution is 2.39. The summed E-state index contributed by atoms with van der Waals surface area (Å²) in [4.78, 5) is 0. The van der Waals surface area contributed by atoms with Gasteiger partial charge in [0, 0.05) is 23.7 Å². The first-order chi connectivity index (χ1) is 9.15. The molecule has 2 heteroatoms. The molecule has 1 saturated carbocycles. The van der Waals surface area contributed by atoms with Crippen molar-refractivity contribution < 1.29 is 4.74 Å². The van der Waals surface area contributed by atoms with Gasteiger partial charge in [-0.25, -0.2) is 0 Å². The first kappa shape index (κ1) is 12.8. The van der Waals surface area contributed by atoms with Crippen LogP contribution in [0.1, 0.15) is 45.1 Å². The Kier molecular flexibility index (Phi) is 3.42. The van der Waals surface area contributed by atoms with E-state index in [0.29, 0.717) is 5.41 Å². The van der Waals surface area contributed by atoms with Crippen LogP contribution in [0.3, 0.4) is 0 Å². The first-order valence-corrected chi connectivity index (χ1v) is 7.64. The summed E-state index contributed by atoms with van der Waals surface area (Å²) in [6, 6.07) is 6.49. The van der Waals surface area contributed by atoms with Crippen LogP contribution in [0.5, 0.6) is 5.75 Å². The van der Waals surface area contributed by atoms with E-state index in [9.17, 15) is 0 Å². The van der Waals surface area contributed by atoms with Gasteiger partial charge in [0.15, 0.2) is 0 Å². The Labute approximate surface area is 116 Å². The molecule has 1 fully saturated rings. The maximum absolute atomic E-state index is 6.07. The van der Waals surface area contributed by atoms with E-state index >= 15 is 0 Å². The Bertz CT molecular complexity index is 447. The molecule has 3 rings (SSSR count). The molecule has 2 aliphatic rings. The highest BCUT2D eigenvalue weighted by Gasteiger charge is 2.30. The van der Waals surface area contributed by atoms with Gasteiger partial charge < -0.3 is 10.1 Å².